The zero-order valence-electron chi connectivity index (χ0n) is 9.12. The monoisotopic (exact) mass is 208 g/mol. The van der Waals surface area contributed by atoms with Crippen LogP contribution in [-0.4, -0.2) is 24.7 Å². The van der Waals surface area contributed by atoms with Gasteiger partial charge in [0.05, 0.1) is 26.6 Å². The van der Waals surface area contributed by atoms with E-state index in [0.717, 1.165) is 36.3 Å². The number of nitrogens with zero attached hydrogens (tertiary/aromatic N) is 1. The van der Waals surface area contributed by atoms with Gasteiger partial charge in [0, 0.05) is 11.1 Å². The van der Waals surface area contributed by atoms with E-state index in [2.05, 4.69) is 4.98 Å². The van der Waals surface area contributed by atoms with E-state index in [1.807, 2.05) is 0 Å². The highest BCUT2D eigenvalue weighted by molar-refractivity contribution is 5.43. The van der Waals surface area contributed by atoms with Crippen molar-refractivity contribution in [2.45, 2.75) is 24.8 Å². The molecule has 1 heterocycles. The molecule has 0 radical (unpaired) electrons. The third kappa shape index (κ3) is 2.04. The van der Waals surface area contributed by atoms with Gasteiger partial charge < -0.3 is 15.2 Å². The van der Waals surface area contributed by atoms with E-state index in [1.54, 1.807) is 26.6 Å². The number of pyridine rings is 1. The molecule has 0 bridgehead atoms. The minimum atomic E-state index is -0.0537. The highest BCUT2D eigenvalue weighted by atomic mass is 16.5. The minimum absolute atomic E-state index is 0.0537. The lowest BCUT2D eigenvalue weighted by atomic mass is 10.0. The quantitative estimate of drug-likeness (QED) is 0.806. The van der Waals surface area contributed by atoms with Gasteiger partial charge in [0.25, 0.3) is 0 Å². The predicted molar refractivity (Wildman–Crippen MR) is 57.2 cm³/mol. The summed E-state index contributed by atoms with van der Waals surface area (Å²) in [7, 11) is 3.27. The standard InChI is InChI=1S/C11H16N2O2/c1-14-9-6-13-7-10(15-2)8(9)5-11(12)3-4-11/h6-7H,3-5,12H2,1-2H3. The van der Waals surface area contributed by atoms with Crippen LogP contribution in [-0.2, 0) is 6.42 Å². The Morgan fingerprint density at radius 3 is 2.20 bits per heavy atom. The summed E-state index contributed by atoms with van der Waals surface area (Å²) < 4.78 is 10.5. The van der Waals surface area contributed by atoms with Gasteiger partial charge in [0.1, 0.15) is 11.5 Å². The average molecular weight is 208 g/mol. The van der Waals surface area contributed by atoms with Crippen LogP contribution in [0.3, 0.4) is 0 Å². The Hall–Kier alpha value is -1.29. The fourth-order valence-corrected chi connectivity index (χ4v) is 1.67. The Morgan fingerprint density at radius 2 is 1.80 bits per heavy atom. The summed E-state index contributed by atoms with van der Waals surface area (Å²) in [6.07, 6.45) is 6.33. The lowest BCUT2D eigenvalue weighted by Gasteiger charge is -2.15. The molecule has 1 aromatic rings. The molecule has 4 nitrogen and oxygen atoms in total. The van der Waals surface area contributed by atoms with Gasteiger partial charge in [-0.25, -0.2) is 0 Å². The summed E-state index contributed by atoms with van der Waals surface area (Å²) >= 11 is 0. The first-order chi connectivity index (χ1) is 7.18. The number of rotatable bonds is 4. The molecule has 1 saturated carbocycles. The van der Waals surface area contributed by atoms with E-state index in [4.69, 9.17) is 15.2 Å². The van der Waals surface area contributed by atoms with Crippen LogP contribution in [0.2, 0.25) is 0 Å². The summed E-state index contributed by atoms with van der Waals surface area (Å²) in [5, 5.41) is 0. The van der Waals surface area contributed by atoms with Crippen molar-refractivity contribution in [3.05, 3.63) is 18.0 Å². The van der Waals surface area contributed by atoms with Crippen molar-refractivity contribution < 1.29 is 9.47 Å². The number of nitrogens with two attached hydrogens (primary N) is 1. The Morgan fingerprint density at radius 1 is 1.27 bits per heavy atom. The van der Waals surface area contributed by atoms with E-state index in [0.29, 0.717) is 0 Å². The van der Waals surface area contributed by atoms with Crippen molar-refractivity contribution in [3.8, 4) is 11.5 Å². The number of methoxy groups -OCH3 is 2. The molecule has 0 aromatic carbocycles. The zero-order chi connectivity index (χ0) is 10.9. The van der Waals surface area contributed by atoms with E-state index < -0.39 is 0 Å². The molecule has 1 fully saturated rings. The second kappa shape index (κ2) is 3.70. The maximum Gasteiger partial charge on any atom is 0.144 e. The molecule has 0 amide bonds. The maximum absolute atomic E-state index is 6.09. The molecule has 4 heteroatoms. The highest BCUT2D eigenvalue weighted by Crippen LogP contribution is 2.40. The molecule has 0 unspecified atom stereocenters. The molecule has 82 valence electrons. The molecular weight excluding hydrogens is 192 g/mol. The molecule has 15 heavy (non-hydrogen) atoms. The van der Waals surface area contributed by atoms with Gasteiger partial charge >= 0.3 is 0 Å². The normalized spacial score (nSPS) is 17.3. The number of hydrogen-bond donors (Lipinski definition) is 1. The van der Waals surface area contributed by atoms with Crippen molar-refractivity contribution >= 4 is 0 Å². The van der Waals surface area contributed by atoms with Gasteiger partial charge in [0.2, 0.25) is 0 Å². The summed E-state index contributed by atoms with van der Waals surface area (Å²) in [5.74, 6) is 1.51. The molecule has 0 saturated heterocycles. The fraction of sp³-hybridized carbons (Fsp3) is 0.545. The topological polar surface area (TPSA) is 57.4 Å². The molecule has 0 atom stereocenters. The van der Waals surface area contributed by atoms with Gasteiger partial charge in [-0.05, 0) is 19.3 Å². The van der Waals surface area contributed by atoms with Crippen LogP contribution in [0.1, 0.15) is 18.4 Å². The van der Waals surface area contributed by atoms with E-state index in [1.165, 1.54) is 0 Å². The Bertz CT molecular complexity index is 339. The largest absolute Gasteiger partial charge is 0.495 e. The molecule has 1 aliphatic carbocycles. The Balaban J connectivity index is 2.32. The molecule has 1 aliphatic rings. The number of hydrogen-bond acceptors (Lipinski definition) is 4. The summed E-state index contributed by atoms with van der Waals surface area (Å²) in [6.45, 7) is 0. The van der Waals surface area contributed by atoms with Crippen LogP contribution in [0, 0.1) is 0 Å². The first-order valence-corrected chi connectivity index (χ1v) is 5.02. The molecule has 2 N–H and O–H groups in total. The summed E-state index contributed by atoms with van der Waals surface area (Å²) in [5.41, 5.74) is 7.06. The van der Waals surface area contributed by atoms with Gasteiger partial charge in [0.15, 0.2) is 0 Å². The predicted octanol–water partition coefficient (Wildman–Crippen LogP) is 1.13. The fourth-order valence-electron chi connectivity index (χ4n) is 1.67. The van der Waals surface area contributed by atoms with Gasteiger partial charge in [-0.2, -0.15) is 0 Å². The average Bonchev–Trinajstić information content (AvgIpc) is 2.96. The van der Waals surface area contributed by atoms with Crippen molar-refractivity contribution in [2.24, 2.45) is 5.73 Å². The molecule has 0 aliphatic heterocycles. The third-order valence-electron chi connectivity index (χ3n) is 2.84. The lowest BCUT2D eigenvalue weighted by Crippen LogP contribution is -2.25. The van der Waals surface area contributed by atoms with Gasteiger partial charge in [-0.15, -0.1) is 0 Å². The molecule has 2 rings (SSSR count). The lowest BCUT2D eigenvalue weighted by molar-refractivity contribution is 0.378. The molecule has 1 aromatic heterocycles. The Labute approximate surface area is 89.4 Å². The summed E-state index contributed by atoms with van der Waals surface area (Å²) in [6, 6.07) is 0. The smallest absolute Gasteiger partial charge is 0.144 e. The van der Waals surface area contributed by atoms with E-state index in [-0.39, 0.29) is 5.54 Å². The van der Waals surface area contributed by atoms with E-state index in [9.17, 15) is 0 Å². The van der Waals surface area contributed by atoms with Crippen molar-refractivity contribution in [2.75, 3.05) is 14.2 Å². The maximum atomic E-state index is 6.09. The van der Waals surface area contributed by atoms with E-state index >= 15 is 0 Å². The number of aromatic nitrogens is 1. The first kappa shape index (κ1) is 10.2. The Kier molecular flexibility index (Phi) is 2.52. The summed E-state index contributed by atoms with van der Waals surface area (Å²) in [4.78, 5) is 4.05. The molecule has 0 spiro atoms. The second-order valence-electron chi connectivity index (χ2n) is 4.06. The van der Waals surface area contributed by atoms with Crippen LogP contribution in [0.25, 0.3) is 0 Å². The minimum Gasteiger partial charge on any atom is -0.495 e. The highest BCUT2D eigenvalue weighted by Gasteiger charge is 2.39. The first-order valence-electron chi connectivity index (χ1n) is 5.02. The SMILES string of the molecule is COc1cncc(OC)c1CC1(N)CC1. The van der Waals surface area contributed by atoms with Crippen molar-refractivity contribution in [1.82, 2.24) is 4.98 Å². The van der Waals surface area contributed by atoms with Crippen LogP contribution in [0.15, 0.2) is 12.4 Å². The third-order valence-corrected chi connectivity index (χ3v) is 2.84. The molecular formula is C11H16N2O2. The van der Waals surface area contributed by atoms with Crippen LogP contribution >= 0.6 is 0 Å². The van der Waals surface area contributed by atoms with Crippen molar-refractivity contribution in [3.63, 3.8) is 0 Å². The van der Waals surface area contributed by atoms with Crippen LogP contribution in [0.4, 0.5) is 0 Å². The van der Waals surface area contributed by atoms with Gasteiger partial charge in [-0.3, -0.25) is 4.98 Å². The van der Waals surface area contributed by atoms with Crippen LogP contribution in [0.5, 0.6) is 11.5 Å². The van der Waals surface area contributed by atoms with Gasteiger partial charge in [-0.1, -0.05) is 0 Å². The number of ether oxygens (including phenoxy) is 2. The van der Waals surface area contributed by atoms with Crippen molar-refractivity contribution in [1.29, 1.82) is 0 Å². The second-order valence-corrected chi connectivity index (χ2v) is 4.06. The zero-order valence-corrected chi connectivity index (χ0v) is 9.12. The van der Waals surface area contributed by atoms with Crippen LogP contribution < -0.4 is 15.2 Å².